The smallest absolute Gasteiger partial charge is 0.435 e. The van der Waals surface area contributed by atoms with Crippen LogP contribution in [0.25, 0.3) is 16.8 Å². The van der Waals surface area contributed by atoms with Crippen LogP contribution >= 0.6 is 0 Å². The summed E-state index contributed by atoms with van der Waals surface area (Å²) in [6.07, 6.45) is -4.57. The van der Waals surface area contributed by atoms with Crippen molar-refractivity contribution in [2.24, 2.45) is 0 Å². The molecule has 40 heavy (non-hydrogen) atoms. The molecule has 0 radical (unpaired) electrons. The third-order valence-corrected chi connectivity index (χ3v) is 6.82. The Morgan fingerprint density at radius 3 is 2.38 bits per heavy atom. The zero-order valence-electron chi connectivity index (χ0n) is 22.3. The molecular formula is C30H28F4N4O2. The number of carbonyl (C=O) groups is 1. The van der Waals surface area contributed by atoms with Crippen LogP contribution in [0.15, 0.2) is 66.7 Å². The van der Waals surface area contributed by atoms with Crippen LogP contribution in [0.1, 0.15) is 33.7 Å². The van der Waals surface area contributed by atoms with Gasteiger partial charge in [-0.05, 0) is 86.1 Å². The highest BCUT2D eigenvalue weighted by Gasteiger charge is 2.42. The van der Waals surface area contributed by atoms with Gasteiger partial charge >= 0.3 is 6.18 Å². The fraction of sp³-hybridized carbons (Fsp3) is 0.267. The van der Waals surface area contributed by atoms with Crippen LogP contribution in [0.3, 0.4) is 0 Å². The maximum absolute atomic E-state index is 15.6. The first-order chi connectivity index (χ1) is 19.1. The van der Waals surface area contributed by atoms with Gasteiger partial charge in [-0.15, -0.1) is 0 Å². The van der Waals surface area contributed by atoms with Crippen molar-refractivity contribution >= 4 is 11.6 Å². The minimum atomic E-state index is -4.76. The first-order valence-corrected chi connectivity index (χ1v) is 12.8. The maximum atomic E-state index is 15.6. The summed E-state index contributed by atoms with van der Waals surface area (Å²) in [5, 5.41) is 3.82. The topological polar surface area (TPSA) is 50.6 Å². The molecule has 0 saturated heterocycles. The second-order valence-corrected chi connectivity index (χ2v) is 9.95. The summed E-state index contributed by atoms with van der Waals surface area (Å²) in [6, 6.07) is 18.5. The Morgan fingerprint density at radius 2 is 1.73 bits per heavy atom. The van der Waals surface area contributed by atoms with Crippen LogP contribution in [0, 0.1) is 5.82 Å². The lowest BCUT2D eigenvalue weighted by Crippen LogP contribution is -2.33. The lowest BCUT2D eigenvalue weighted by molar-refractivity contribution is -0.141. The Morgan fingerprint density at radius 1 is 1.00 bits per heavy atom. The first-order valence-electron chi connectivity index (χ1n) is 12.8. The number of anilines is 1. The number of benzene rings is 3. The van der Waals surface area contributed by atoms with Crippen LogP contribution in [0.2, 0.25) is 0 Å². The van der Waals surface area contributed by atoms with Gasteiger partial charge in [0, 0.05) is 18.7 Å². The predicted molar refractivity (Wildman–Crippen MR) is 144 cm³/mol. The molecule has 3 aromatic carbocycles. The quantitative estimate of drug-likeness (QED) is 0.261. The number of hydrogen-bond donors (Lipinski definition) is 0. The van der Waals surface area contributed by atoms with Crippen molar-refractivity contribution in [2.75, 3.05) is 32.6 Å². The fourth-order valence-electron chi connectivity index (χ4n) is 5.04. The van der Waals surface area contributed by atoms with E-state index in [0.717, 1.165) is 22.4 Å². The Bertz CT molecular complexity index is 1540. The van der Waals surface area contributed by atoms with E-state index in [1.165, 1.54) is 36.3 Å². The Labute approximate surface area is 229 Å². The van der Waals surface area contributed by atoms with Gasteiger partial charge in [0.05, 0.1) is 18.5 Å². The van der Waals surface area contributed by atoms with Crippen molar-refractivity contribution in [1.29, 1.82) is 0 Å². The van der Waals surface area contributed by atoms with Gasteiger partial charge in [0.15, 0.2) is 5.69 Å². The number of carbonyl (C=O) groups excluding carboxylic acids is 1. The van der Waals surface area contributed by atoms with E-state index in [-0.39, 0.29) is 42.0 Å². The second kappa shape index (κ2) is 10.8. The largest absolute Gasteiger partial charge is 0.497 e. The molecule has 1 aliphatic heterocycles. The van der Waals surface area contributed by atoms with Gasteiger partial charge in [-0.3, -0.25) is 4.79 Å². The molecule has 5 rings (SSSR count). The van der Waals surface area contributed by atoms with Gasteiger partial charge in [-0.1, -0.05) is 24.3 Å². The van der Waals surface area contributed by atoms with Crippen LogP contribution < -0.4 is 9.64 Å². The molecule has 0 N–H and O–H groups in total. The molecule has 0 fully saturated rings. The van der Waals surface area contributed by atoms with Crippen LogP contribution in [-0.4, -0.2) is 48.3 Å². The van der Waals surface area contributed by atoms with Crippen molar-refractivity contribution in [2.45, 2.75) is 25.6 Å². The number of aromatic nitrogens is 2. The number of ether oxygens (including phenoxy) is 1. The molecule has 4 aromatic rings. The van der Waals surface area contributed by atoms with Crippen LogP contribution in [0.5, 0.6) is 5.75 Å². The molecule has 1 aliphatic rings. The lowest BCUT2D eigenvalue weighted by atomic mass is 10.0. The number of nitrogens with zero attached hydrogens (tertiary/aromatic N) is 4. The second-order valence-electron chi connectivity index (χ2n) is 9.95. The van der Waals surface area contributed by atoms with E-state index < -0.39 is 23.6 Å². The Hall–Kier alpha value is -4.18. The fourth-order valence-corrected chi connectivity index (χ4v) is 5.04. The molecule has 0 aliphatic carbocycles. The summed E-state index contributed by atoms with van der Waals surface area (Å²) < 4.78 is 63.7. The number of halogens is 4. The highest BCUT2D eigenvalue weighted by molar-refractivity contribution is 6.07. The first kappa shape index (κ1) is 27.4. The maximum Gasteiger partial charge on any atom is 0.435 e. The van der Waals surface area contributed by atoms with Gasteiger partial charge < -0.3 is 14.5 Å². The summed E-state index contributed by atoms with van der Waals surface area (Å²) in [5.74, 6) is -0.884. The number of rotatable bonds is 6. The average molecular weight is 553 g/mol. The van der Waals surface area contributed by atoms with E-state index >= 15 is 4.39 Å². The highest BCUT2D eigenvalue weighted by atomic mass is 19.4. The molecule has 0 saturated carbocycles. The van der Waals surface area contributed by atoms with Crippen molar-refractivity contribution in [3.8, 4) is 22.6 Å². The van der Waals surface area contributed by atoms with E-state index in [9.17, 15) is 18.0 Å². The van der Waals surface area contributed by atoms with E-state index in [4.69, 9.17) is 4.74 Å². The van der Waals surface area contributed by atoms with Gasteiger partial charge in [-0.25, -0.2) is 9.07 Å². The Kier molecular flexibility index (Phi) is 7.37. The summed E-state index contributed by atoms with van der Waals surface area (Å²) >= 11 is 0. The molecule has 2 heterocycles. The minimum absolute atomic E-state index is 0.00193. The zero-order valence-corrected chi connectivity index (χ0v) is 22.3. The van der Waals surface area contributed by atoms with Gasteiger partial charge in [0.1, 0.15) is 17.3 Å². The molecule has 1 aromatic heterocycles. The number of fused-ring (bicyclic) bond motifs is 1. The minimum Gasteiger partial charge on any atom is -0.497 e. The molecule has 208 valence electrons. The molecule has 10 heteroatoms. The normalized spacial score (nSPS) is 13.9. The standard InChI is InChI=1S/C30H28F4N4O2/c1-36(2)18-19-6-4-7-20(16-19)21-9-14-26(25(31)17-21)37-15-5-8-24-27(29(37)39)38(35-28(24)30(32,33)34)22-10-12-23(40-3)13-11-22/h4,6-7,9-14,16-17H,5,8,15,18H2,1-3H3. The molecule has 0 spiro atoms. The van der Waals surface area contributed by atoms with Crippen LogP contribution in [0.4, 0.5) is 23.2 Å². The molecule has 1 amide bonds. The summed E-state index contributed by atoms with van der Waals surface area (Å²) in [4.78, 5) is 17.1. The van der Waals surface area contributed by atoms with Gasteiger partial charge in [-0.2, -0.15) is 18.3 Å². The summed E-state index contributed by atoms with van der Waals surface area (Å²) in [7, 11) is 5.39. The van der Waals surface area contributed by atoms with E-state index in [2.05, 4.69) is 5.10 Å². The Balaban J connectivity index is 1.55. The molecular weight excluding hydrogens is 524 g/mol. The molecule has 0 atom stereocenters. The third kappa shape index (κ3) is 5.31. The number of amides is 1. The number of hydrogen-bond acceptors (Lipinski definition) is 4. The molecule has 6 nitrogen and oxygen atoms in total. The predicted octanol–water partition coefficient (Wildman–Crippen LogP) is 6.36. The van der Waals surface area contributed by atoms with E-state index in [1.54, 1.807) is 18.2 Å². The summed E-state index contributed by atoms with van der Waals surface area (Å²) in [5.41, 5.74) is 1.25. The van der Waals surface area contributed by atoms with E-state index in [0.29, 0.717) is 11.3 Å². The zero-order chi connectivity index (χ0) is 28.6. The highest BCUT2D eigenvalue weighted by Crippen LogP contribution is 2.37. The number of methoxy groups -OCH3 is 1. The summed E-state index contributed by atoms with van der Waals surface area (Å²) in [6.45, 7) is 0.781. The van der Waals surface area contributed by atoms with Crippen molar-refractivity contribution in [1.82, 2.24) is 14.7 Å². The van der Waals surface area contributed by atoms with Crippen molar-refractivity contribution < 1.29 is 27.1 Å². The van der Waals surface area contributed by atoms with Crippen molar-refractivity contribution in [3.05, 3.63) is 95.1 Å². The van der Waals surface area contributed by atoms with Gasteiger partial charge in [0.2, 0.25) is 0 Å². The van der Waals surface area contributed by atoms with Crippen LogP contribution in [-0.2, 0) is 19.1 Å². The SMILES string of the molecule is COc1ccc(-n2nc(C(F)(F)F)c3c2C(=O)N(c2ccc(-c4cccc(CN(C)C)c4)cc2F)CCC3)cc1. The van der Waals surface area contributed by atoms with Crippen molar-refractivity contribution in [3.63, 3.8) is 0 Å². The average Bonchev–Trinajstić information content (AvgIpc) is 3.23. The molecule has 0 bridgehead atoms. The van der Waals surface area contributed by atoms with Gasteiger partial charge in [0.25, 0.3) is 5.91 Å². The lowest BCUT2D eigenvalue weighted by Gasteiger charge is -2.22. The monoisotopic (exact) mass is 552 g/mol. The van der Waals surface area contributed by atoms with E-state index in [1.807, 2.05) is 43.3 Å². The number of alkyl halides is 3. The molecule has 0 unspecified atom stereocenters. The third-order valence-electron chi connectivity index (χ3n) is 6.82.